The molecule has 0 saturated carbocycles. The fraction of sp³-hybridized carbons (Fsp3) is 0.100. The van der Waals surface area contributed by atoms with Crippen LogP contribution in [0.15, 0.2) is 18.2 Å². The van der Waals surface area contributed by atoms with Gasteiger partial charge in [0.15, 0.2) is 0 Å². The zero-order valence-corrected chi connectivity index (χ0v) is 8.95. The molecule has 2 aromatic rings. The van der Waals surface area contributed by atoms with Crippen molar-refractivity contribution in [2.24, 2.45) is 0 Å². The molecular formula is C10H7ClO2S. The predicted octanol–water partition coefficient (Wildman–Crippen LogP) is 3.56. The Morgan fingerprint density at radius 3 is 2.79 bits per heavy atom. The fourth-order valence-corrected chi connectivity index (χ4v) is 2.42. The van der Waals surface area contributed by atoms with Crippen LogP contribution in [0.4, 0.5) is 0 Å². The van der Waals surface area contributed by atoms with Crippen molar-refractivity contribution >= 4 is 39.0 Å². The monoisotopic (exact) mass is 226 g/mol. The molecule has 72 valence electrons. The Kier molecular flexibility index (Phi) is 2.21. The van der Waals surface area contributed by atoms with E-state index < -0.39 is 5.97 Å². The van der Waals surface area contributed by atoms with Gasteiger partial charge in [-0.2, -0.15) is 0 Å². The SMILES string of the molecule is Cc1cc2sc(C(=O)O)cc2cc1Cl. The van der Waals surface area contributed by atoms with E-state index in [2.05, 4.69) is 0 Å². The van der Waals surface area contributed by atoms with Crippen molar-refractivity contribution in [1.29, 1.82) is 0 Å². The Morgan fingerprint density at radius 2 is 2.14 bits per heavy atom. The first-order chi connectivity index (χ1) is 6.58. The lowest BCUT2D eigenvalue weighted by Gasteiger charge is -1.95. The molecular weight excluding hydrogens is 220 g/mol. The molecule has 1 heterocycles. The quantitative estimate of drug-likeness (QED) is 0.807. The minimum Gasteiger partial charge on any atom is -0.477 e. The molecule has 1 N–H and O–H groups in total. The molecule has 0 bridgehead atoms. The number of carboxylic acids is 1. The molecule has 2 nitrogen and oxygen atoms in total. The van der Waals surface area contributed by atoms with Crippen LogP contribution < -0.4 is 0 Å². The number of aryl methyl sites for hydroxylation is 1. The van der Waals surface area contributed by atoms with Gasteiger partial charge in [0.1, 0.15) is 4.88 Å². The van der Waals surface area contributed by atoms with Crippen molar-refractivity contribution in [1.82, 2.24) is 0 Å². The molecule has 2 rings (SSSR count). The summed E-state index contributed by atoms with van der Waals surface area (Å²) >= 11 is 7.20. The summed E-state index contributed by atoms with van der Waals surface area (Å²) in [5.74, 6) is -0.889. The molecule has 4 heteroatoms. The Balaban J connectivity index is 2.72. The highest BCUT2D eigenvalue weighted by Crippen LogP contribution is 2.30. The van der Waals surface area contributed by atoms with E-state index in [1.165, 1.54) is 11.3 Å². The summed E-state index contributed by atoms with van der Waals surface area (Å²) in [6.07, 6.45) is 0. The molecule has 0 fully saturated rings. The minimum atomic E-state index is -0.889. The van der Waals surface area contributed by atoms with E-state index >= 15 is 0 Å². The summed E-state index contributed by atoms with van der Waals surface area (Å²) in [4.78, 5) is 11.1. The highest BCUT2D eigenvalue weighted by Gasteiger charge is 2.09. The summed E-state index contributed by atoms with van der Waals surface area (Å²) in [5.41, 5.74) is 0.970. The number of aromatic carboxylic acids is 1. The van der Waals surface area contributed by atoms with Gasteiger partial charge in [-0.05, 0) is 36.1 Å². The zero-order valence-electron chi connectivity index (χ0n) is 7.37. The van der Waals surface area contributed by atoms with Gasteiger partial charge in [0.05, 0.1) is 0 Å². The van der Waals surface area contributed by atoms with Crippen LogP contribution in [0.3, 0.4) is 0 Å². The number of thiophene rings is 1. The van der Waals surface area contributed by atoms with Crippen LogP contribution in [0.2, 0.25) is 5.02 Å². The average Bonchev–Trinajstić information content (AvgIpc) is 2.48. The smallest absolute Gasteiger partial charge is 0.345 e. The molecule has 0 unspecified atom stereocenters. The van der Waals surface area contributed by atoms with E-state index in [4.69, 9.17) is 16.7 Å². The topological polar surface area (TPSA) is 37.3 Å². The number of hydrogen-bond acceptors (Lipinski definition) is 2. The number of fused-ring (bicyclic) bond motifs is 1. The van der Waals surface area contributed by atoms with Gasteiger partial charge < -0.3 is 5.11 Å². The number of carbonyl (C=O) groups is 1. The molecule has 14 heavy (non-hydrogen) atoms. The molecule has 1 aromatic heterocycles. The second kappa shape index (κ2) is 3.26. The van der Waals surface area contributed by atoms with Gasteiger partial charge in [0.2, 0.25) is 0 Å². The lowest BCUT2D eigenvalue weighted by atomic mass is 10.2. The lowest BCUT2D eigenvalue weighted by Crippen LogP contribution is -1.89. The third-order valence-corrected chi connectivity index (χ3v) is 3.50. The third kappa shape index (κ3) is 1.49. The van der Waals surface area contributed by atoms with E-state index in [0.717, 1.165) is 15.6 Å². The van der Waals surface area contributed by atoms with Gasteiger partial charge in [-0.15, -0.1) is 11.3 Å². The number of halogens is 1. The lowest BCUT2D eigenvalue weighted by molar-refractivity contribution is 0.0702. The number of benzene rings is 1. The normalized spacial score (nSPS) is 10.7. The van der Waals surface area contributed by atoms with Crippen molar-refractivity contribution in [2.75, 3.05) is 0 Å². The largest absolute Gasteiger partial charge is 0.477 e. The highest BCUT2D eigenvalue weighted by atomic mass is 35.5. The van der Waals surface area contributed by atoms with Crippen LogP contribution in [-0.4, -0.2) is 11.1 Å². The van der Waals surface area contributed by atoms with Gasteiger partial charge >= 0.3 is 5.97 Å². The minimum absolute atomic E-state index is 0.349. The van der Waals surface area contributed by atoms with Crippen molar-refractivity contribution in [3.05, 3.63) is 33.7 Å². The standard InChI is InChI=1S/C10H7ClO2S/c1-5-2-8-6(3-7(5)11)4-9(14-8)10(12)13/h2-4H,1H3,(H,12,13). The molecule has 1 aromatic carbocycles. The first-order valence-corrected chi connectivity index (χ1v) is 5.20. The Labute approximate surface area is 89.7 Å². The highest BCUT2D eigenvalue weighted by molar-refractivity contribution is 7.20. The van der Waals surface area contributed by atoms with E-state index in [1.807, 2.05) is 13.0 Å². The number of rotatable bonds is 1. The second-order valence-corrected chi connectivity index (χ2v) is 4.55. The summed E-state index contributed by atoms with van der Waals surface area (Å²) in [7, 11) is 0. The summed E-state index contributed by atoms with van der Waals surface area (Å²) < 4.78 is 0.962. The van der Waals surface area contributed by atoms with Crippen LogP contribution >= 0.6 is 22.9 Å². The van der Waals surface area contributed by atoms with Gasteiger partial charge in [0.25, 0.3) is 0 Å². The number of hydrogen-bond donors (Lipinski definition) is 1. The maximum Gasteiger partial charge on any atom is 0.345 e. The fourth-order valence-electron chi connectivity index (χ4n) is 1.27. The third-order valence-electron chi connectivity index (χ3n) is 2.01. The van der Waals surface area contributed by atoms with Crippen LogP contribution in [0.5, 0.6) is 0 Å². The van der Waals surface area contributed by atoms with E-state index in [1.54, 1.807) is 12.1 Å². The molecule has 0 aliphatic rings. The number of carboxylic acid groups (broad SMARTS) is 1. The molecule has 0 aliphatic heterocycles. The Morgan fingerprint density at radius 1 is 1.43 bits per heavy atom. The zero-order chi connectivity index (χ0) is 10.3. The van der Waals surface area contributed by atoms with Crippen LogP contribution in [-0.2, 0) is 0 Å². The van der Waals surface area contributed by atoms with E-state index in [0.29, 0.717) is 9.90 Å². The summed E-state index contributed by atoms with van der Waals surface area (Å²) in [6, 6.07) is 5.36. The van der Waals surface area contributed by atoms with Gasteiger partial charge in [-0.3, -0.25) is 0 Å². The maximum absolute atomic E-state index is 10.7. The van der Waals surface area contributed by atoms with Gasteiger partial charge in [-0.1, -0.05) is 11.6 Å². The summed E-state index contributed by atoms with van der Waals surface area (Å²) in [5, 5.41) is 10.4. The van der Waals surface area contributed by atoms with Crippen molar-refractivity contribution in [3.63, 3.8) is 0 Å². The maximum atomic E-state index is 10.7. The molecule has 0 atom stereocenters. The van der Waals surface area contributed by atoms with E-state index in [-0.39, 0.29) is 0 Å². The molecule has 0 radical (unpaired) electrons. The molecule has 0 spiro atoms. The van der Waals surface area contributed by atoms with Crippen molar-refractivity contribution in [2.45, 2.75) is 6.92 Å². The van der Waals surface area contributed by atoms with Crippen molar-refractivity contribution in [3.8, 4) is 0 Å². The second-order valence-electron chi connectivity index (χ2n) is 3.06. The summed E-state index contributed by atoms with van der Waals surface area (Å²) in [6.45, 7) is 1.90. The average molecular weight is 227 g/mol. The first-order valence-electron chi connectivity index (χ1n) is 4.01. The Hall–Kier alpha value is -1.06. The Bertz CT molecular complexity index is 477. The predicted molar refractivity (Wildman–Crippen MR) is 58.5 cm³/mol. The van der Waals surface area contributed by atoms with Gasteiger partial charge in [-0.25, -0.2) is 4.79 Å². The van der Waals surface area contributed by atoms with Gasteiger partial charge in [0, 0.05) is 9.72 Å². The van der Waals surface area contributed by atoms with E-state index in [9.17, 15) is 4.79 Å². The van der Waals surface area contributed by atoms with Crippen LogP contribution in [0, 0.1) is 6.92 Å². The molecule has 0 amide bonds. The first kappa shape index (κ1) is 9.49. The molecule has 0 aliphatic carbocycles. The molecule has 0 saturated heterocycles. The van der Waals surface area contributed by atoms with Crippen LogP contribution in [0.1, 0.15) is 15.2 Å². The van der Waals surface area contributed by atoms with Crippen molar-refractivity contribution < 1.29 is 9.90 Å². The van der Waals surface area contributed by atoms with Crippen LogP contribution in [0.25, 0.3) is 10.1 Å².